The van der Waals surface area contributed by atoms with Crippen LogP contribution < -0.4 is 0 Å². The summed E-state index contributed by atoms with van der Waals surface area (Å²) in [7, 11) is 0. The number of nitrogens with zero attached hydrogens (tertiary/aromatic N) is 2. The minimum atomic E-state index is -0.709. The molecule has 8 heteroatoms. The lowest BCUT2D eigenvalue weighted by atomic mass is 9.72. The first-order valence-electron chi connectivity index (χ1n) is 13.8. The third-order valence-electron chi connectivity index (χ3n) is 9.84. The van der Waals surface area contributed by atoms with Crippen molar-refractivity contribution in [3.05, 3.63) is 0 Å². The van der Waals surface area contributed by atoms with Crippen molar-refractivity contribution in [1.82, 2.24) is 10.1 Å². The first kappa shape index (κ1) is 27.7. The van der Waals surface area contributed by atoms with Gasteiger partial charge in [-0.05, 0) is 53.4 Å². The van der Waals surface area contributed by atoms with E-state index < -0.39 is 22.7 Å². The molecule has 0 radical (unpaired) electrons. The van der Waals surface area contributed by atoms with Crippen LogP contribution in [0.1, 0.15) is 107 Å². The molecule has 0 aromatic heterocycles. The highest BCUT2D eigenvalue weighted by Gasteiger charge is 2.62. The van der Waals surface area contributed by atoms with Gasteiger partial charge in [-0.2, -0.15) is 10.1 Å². The zero-order chi connectivity index (χ0) is 26.0. The van der Waals surface area contributed by atoms with Gasteiger partial charge >= 0.3 is 0 Å². The Labute approximate surface area is 212 Å². The Morgan fingerprint density at radius 2 is 0.829 bits per heavy atom. The van der Waals surface area contributed by atoms with E-state index in [0.29, 0.717) is 52.1 Å². The van der Waals surface area contributed by atoms with Crippen molar-refractivity contribution in [2.24, 2.45) is 5.41 Å². The standard InChI is InChI=1S/C27H50N2O6/c1-9-24(10-2)15-26(13-21(5,6)28(24)30)32-17-23(18-33-26)19-34-27(35-20-23)14-22(7,8)29(31)25(11-3,12-4)16-27/h30-31H,9-20H2,1-8H3. The van der Waals surface area contributed by atoms with Gasteiger partial charge in [0, 0.05) is 36.8 Å². The molecule has 0 aromatic carbocycles. The van der Waals surface area contributed by atoms with E-state index >= 15 is 0 Å². The van der Waals surface area contributed by atoms with Crippen LogP contribution in [0.2, 0.25) is 0 Å². The smallest absolute Gasteiger partial charge is 0.172 e. The number of ether oxygens (including phenoxy) is 4. The molecule has 4 saturated heterocycles. The van der Waals surface area contributed by atoms with Gasteiger partial charge in [-0.3, -0.25) is 0 Å². The van der Waals surface area contributed by atoms with Gasteiger partial charge in [-0.1, -0.05) is 27.7 Å². The summed E-state index contributed by atoms with van der Waals surface area (Å²) in [6.07, 6.45) is 5.80. The molecule has 2 N–H and O–H groups in total. The van der Waals surface area contributed by atoms with Crippen LogP contribution in [0.25, 0.3) is 0 Å². The molecule has 0 aromatic rings. The molecule has 0 bridgehead atoms. The minimum absolute atomic E-state index is 0.348. The van der Waals surface area contributed by atoms with Crippen molar-refractivity contribution in [2.45, 2.75) is 140 Å². The van der Waals surface area contributed by atoms with Crippen LogP contribution in [0.3, 0.4) is 0 Å². The summed E-state index contributed by atoms with van der Waals surface area (Å²) in [5.41, 5.74) is -2.00. The van der Waals surface area contributed by atoms with Gasteiger partial charge in [0.15, 0.2) is 11.6 Å². The predicted molar refractivity (Wildman–Crippen MR) is 132 cm³/mol. The fraction of sp³-hybridized carbons (Fsp3) is 1.00. The summed E-state index contributed by atoms with van der Waals surface area (Å²) >= 11 is 0. The molecule has 0 amide bonds. The first-order valence-corrected chi connectivity index (χ1v) is 13.8. The molecule has 4 rings (SSSR count). The molecule has 0 aliphatic carbocycles. The van der Waals surface area contributed by atoms with Crippen LogP contribution in [0.4, 0.5) is 0 Å². The summed E-state index contributed by atoms with van der Waals surface area (Å²) in [6, 6.07) is 0. The Balaban J connectivity index is 1.47. The largest absolute Gasteiger partial charge is 0.349 e. The van der Waals surface area contributed by atoms with Crippen LogP contribution in [-0.4, -0.2) is 80.7 Å². The lowest BCUT2D eigenvalue weighted by Crippen LogP contribution is -2.71. The van der Waals surface area contributed by atoms with Crippen molar-refractivity contribution in [3.8, 4) is 0 Å². The van der Waals surface area contributed by atoms with Gasteiger partial charge in [-0.15, -0.1) is 0 Å². The number of hydrogen-bond acceptors (Lipinski definition) is 8. The maximum absolute atomic E-state index is 11.0. The molecule has 4 heterocycles. The summed E-state index contributed by atoms with van der Waals surface area (Å²) in [6.45, 7) is 18.8. The second-order valence-corrected chi connectivity index (χ2v) is 13.3. The Bertz CT molecular complexity index is 692. The highest BCUT2D eigenvalue weighted by molar-refractivity contribution is 5.08. The van der Waals surface area contributed by atoms with Crippen molar-refractivity contribution in [2.75, 3.05) is 26.4 Å². The van der Waals surface area contributed by atoms with Crippen LogP contribution >= 0.6 is 0 Å². The van der Waals surface area contributed by atoms with E-state index in [1.54, 1.807) is 10.1 Å². The predicted octanol–water partition coefficient (Wildman–Crippen LogP) is 5.10. The highest BCUT2D eigenvalue weighted by Crippen LogP contribution is 2.53. The van der Waals surface area contributed by atoms with Gasteiger partial charge in [0.25, 0.3) is 0 Å². The molecule has 35 heavy (non-hydrogen) atoms. The molecule has 3 spiro atoms. The average molecular weight is 499 g/mol. The van der Waals surface area contributed by atoms with Gasteiger partial charge < -0.3 is 29.4 Å². The Hall–Kier alpha value is -0.320. The third kappa shape index (κ3) is 4.40. The molecule has 0 atom stereocenters. The second kappa shape index (κ2) is 8.87. The maximum atomic E-state index is 11.0. The van der Waals surface area contributed by atoms with Crippen LogP contribution in [0.5, 0.6) is 0 Å². The van der Waals surface area contributed by atoms with E-state index in [4.69, 9.17) is 18.9 Å². The average Bonchev–Trinajstić information content (AvgIpc) is 2.83. The fourth-order valence-corrected chi connectivity index (χ4v) is 7.51. The van der Waals surface area contributed by atoms with E-state index in [1.165, 1.54) is 0 Å². The number of rotatable bonds is 4. The maximum Gasteiger partial charge on any atom is 0.172 e. The van der Waals surface area contributed by atoms with E-state index in [2.05, 4.69) is 55.4 Å². The quantitative estimate of drug-likeness (QED) is 0.554. The number of piperidine rings is 2. The molecule has 4 aliphatic rings. The second-order valence-electron chi connectivity index (χ2n) is 13.3. The Morgan fingerprint density at radius 3 is 1.09 bits per heavy atom. The third-order valence-corrected chi connectivity index (χ3v) is 9.84. The fourth-order valence-electron chi connectivity index (χ4n) is 7.51. The van der Waals surface area contributed by atoms with Gasteiger partial charge in [-0.25, -0.2) is 0 Å². The molecule has 4 aliphatic heterocycles. The zero-order valence-corrected chi connectivity index (χ0v) is 23.4. The molecule has 8 nitrogen and oxygen atoms in total. The van der Waals surface area contributed by atoms with Crippen molar-refractivity contribution in [1.29, 1.82) is 0 Å². The van der Waals surface area contributed by atoms with Gasteiger partial charge in [0.05, 0.1) is 42.9 Å². The molecule has 204 valence electrons. The van der Waals surface area contributed by atoms with E-state index in [9.17, 15) is 10.4 Å². The minimum Gasteiger partial charge on any atom is -0.349 e. The van der Waals surface area contributed by atoms with Crippen LogP contribution in [-0.2, 0) is 18.9 Å². The molecule has 0 saturated carbocycles. The zero-order valence-electron chi connectivity index (χ0n) is 23.4. The van der Waals surface area contributed by atoms with Crippen molar-refractivity contribution in [3.63, 3.8) is 0 Å². The van der Waals surface area contributed by atoms with E-state index in [-0.39, 0.29) is 16.5 Å². The van der Waals surface area contributed by atoms with Gasteiger partial charge in [0.1, 0.15) is 0 Å². The SMILES string of the molecule is CCC1(CC)CC2(CC(C)(C)N1O)OCC1(CO2)COC2(CC(C)(C)N(O)C(CC)(CC)C2)OC1. The lowest BCUT2D eigenvalue weighted by molar-refractivity contribution is -0.417. The monoisotopic (exact) mass is 498 g/mol. The van der Waals surface area contributed by atoms with Crippen molar-refractivity contribution >= 4 is 0 Å². The highest BCUT2D eigenvalue weighted by atomic mass is 16.7. The van der Waals surface area contributed by atoms with E-state index in [0.717, 1.165) is 25.7 Å². The summed E-state index contributed by atoms with van der Waals surface area (Å²) < 4.78 is 26.4. The van der Waals surface area contributed by atoms with Crippen LogP contribution in [0, 0.1) is 5.41 Å². The molecule has 4 fully saturated rings. The summed E-state index contributed by atoms with van der Waals surface area (Å²) in [5.74, 6) is -1.42. The Kier molecular flexibility index (Phi) is 7.02. The Morgan fingerprint density at radius 1 is 0.543 bits per heavy atom. The topological polar surface area (TPSA) is 83.9 Å². The number of hydrogen-bond donors (Lipinski definition) is 2. The summed E-state index contributed by atoms with van der Waals surface area (Å²) in [5, 5.41) is 25.2. The van der Waals surface area contributed by atoms with E-state index in [1.807, 2.05) is 0 Å². The molecular formula is C27H50N2O6. The van der Waals surface area contributed by atoms with Crippen molar-refractivity contribution < 1.29 is 29.4 Å². The first-order chi connectivity index (χ1) is 16.2. The normalized spacial score (nSPS) is 32.7. The number of hydroxylamine groups is 4. The lowest BCUT2D eigenvalue weighted by Gasteiger charge is -2.62. The van der Waals surface area contributed by atoms with Gasteiger partial charge in [0.2, 0.25) is 0 Å². The van der Waals surface area contributed by atoms with Crippen LogP contribution in [0.15, 0.2) is 0 Å². The molecule has 0 unspecified atom stereocenters. The molecular weight excluding hydrogens is 448 g/mol. The summed E-state index contributed by atoms with van der Waals surface area (Å²) in [4.78, 5) is 0.